The number of aliphatic carboxylic acids is 2. The maximum Gasteiger partial charge on any atom is 0.316 e. The lowest BCUT2D eigenvalue weighted by atomic mass is 9.86. The average Bonchev–Trinajstić information content (AvgIpc) is 3.06. The van der Waals surface area contributed by atoms with E-state index in [-0.39, 0.29) is 31.2 Å². The van der Waals surface area contributed by atoms with Crippen LogP contribution in [0.3, 0.4) is 0 Å². The Morgan fingerprint density at radius 2 is 1.85 bits per heavy atom. The molecule has 2 aliphatic heterocycles. The van der Waals surface area contributed by atoms with E-state index in [9.17, 15) is 24.6 Å². The maximum atomic E-state index is 12.5. The van der Waals surface area contributed by atoms with E-state index < -0.39 is 35.7 Å². The quantitative estimate of drug-likeness (QED) is 0.611. The number of fused-ring (bicyclic) bond motifs is 1. The maximum absolute atomic E-state index is 12.5. The summed E-state index contributed by atoms with van der Waals surface area (Å²) < 4.78 is 0. The summed E-state index contributed by atoms with van der Waals surface area (Å²) in [5.41, 5.74) is 6.79. The highest BCUT2D eigenvalue weighted by Gasteiger charge is 2.49. The molecule has 27 heavy (non-hydrogen) atoms. The van der Waals surface area contributed by atoms with Gasteiger partial charge in [-0.1, -0.05) is 36.4 Å². The van der Waals surface area contributed by atoms with Gasteiger partial charge in [-0.05, 0) is 11.1 Å². The van der Waals surface area contributed by atoms with Gasteiger partial charge in [-0.2, -0.15) is 0 Å². The van der Waals surface area contributed by atoms with Gasteiger partial charge in [0, 0.05) is 13.1 Å². The zero-order valence-electron chi connectivity index (χ0n) is 14.3. The van der Waals surface area contributed by atoms with Crippen LogP contribution in [0.2, 0.25) is 0 Å². The summed E-state index contributed by atoms with van der Waals surface area (Å²) in [5, 5.41) is 22.2. The van der Waals surface area contributed by atoms with Gasteiger partial charge < -0.3 is 15.9 Å². The van der Waals surface area contributed by atoms with E-state index in [0.717, 1.165) is 0 Å². The van der Waals surface area contributed by atoms with Gasteiger partial charge in [-0.3, -0.25) is 14.4 Å². The van der Waals surface area contributed by atoms with Gasteiger partial charge in [0.25, 0.3) is 5.91 Å². The molecule has 1 saturated heterocycles. The molecule has 3 atom stereocenters. The summed E-state index contributed by atoms with van der Waals surface area (Å²) in [6.45, 7) is 3.87. The summed E-state index contributed by atoms with van der Waals surface area (Å²) in [5.74, 6) is -5.05. The van der Waals surface area contributed by atoms with Gasteiger partial charge in [0.05, 0.1) is 5.70 Å². The van der Waals surface area contributed by atoms with Crippen LogP contribution in [-0.2, 0) is 14.4 Å². The van der Waals surface area contributed by atoms with Crippen LogP contribution < -0.4 is 5.73 Å². The van der Waals surface area contributed by atoms with Crippen LogP contribution in [0.25, 0.3) is 0 Å². The van der Waals surface area contributed by atoms with E-state index in [1.54, 1.807) is 35.3 Å². The molecule has 9 heteroatoms. The predicted octanol–water partition coefficient (Wildman–Crippen LogP) is 0.818. The third-order valence-corrected chi connectivity index (χ3v) is 4.65. The Morgan fingerprint density at radius 3 is 2.37 bits per heavy atom. The van der Waals surface area contributed by atoms with Crippen LogP contribution in [0.4, 0.5) is 0 Å². The number of nitrogens with two attached hydrogens (primary N) is 1. The number of hydrogen-bond acceptors (Lipinski definition) is 5. The number of hydrogen-bond donors (Lipinski definition) is 3. The third kappa shape index (κ3) is 3.46. The molecule has 4 N–H and O–H groups in total. The Hall–Kier alpha value is -2.68. The lowest BCUT2D eigenvalue weighted by Crippen LogP contribution is -2.38. The molecule has 2 heterocycles. The number of carbonyl (C=O) groups excluding carboxylic acids is 1. The van der Waals surface area contributed by atoms with Crippen molar-refractivity contribution in [2.75, 3.05) is 13.1 Å². The fourth-order valence-electron chi connectivity index (χ4n) is 3.54. The molecule has 1 aromatic carbocycles. The number of amides is 1. The van der Waals surface area contributed by atoms with E-state index in [1.807, 2.05) is 0 Å². The van der Waals surface area contributed by atoms with E-state index in [2.05, 4.69) is 6.58 Å². The van der Waals surface area contributed by atoms with Gasteiger partial charge >= 0.3 is 11.9 Å². The van der Waals surface area contributed by atoms with Crippen molar-refractivity contribution in [1.29, 1.82) is 0 Å². The summed E-state index contributed by atoms with van der Waals surface area (Å²) in [6.07, 6.45) is 1.20. The van der Waals surface area contributed by atoms with Crippen molar-refractivity contribution >= 4 is 30.3 Å². The lowest BCUT2D eigenvalue weighted by molar-refractivity contribution is -0.141. The molecular formula is C18H20ClN3O5. The van der Waals surface area contributed by atoms with Crippen LogP contribution in [0, 0.1) is 5.92 Å². The SMILES string of the molecule is C=CC(C(=O)O)C1=C(C(C(=O)O)c2ccccc2)CN2C[C@H](N)C(=O)N12.Cl. The topological polar surface area (TPSA) is 124 Å². The van der Waals surface area contributed by atoms with Crippen molar-refractivity contribution in [3.05, 3.63) is 59.8 Å². The van der Waals surface area contributed by atoms with E-state index >= 15 is 0 Å². The lowest BCUT2D eigenvalue weighted by Gasteiger charge is -2.24. The smallest absolute Gasteiger partial charge is 0.316 e. The molecule has 1 aromatic rings. The zero-order chi connectivity index (χ0) is 19.0. The molecule has 1 fully saturated rings. The first-order chi connectivity index (χ1) is 12.4. The molecule has 0 bridgehead atoms. The second-order valence-corrected chi connectivity index (χ2v) is 6.25. The largest absolute Gasteiger partial charge is 0.481 e. The number of carbonyl (C=O) groups is 3. The summed E-state index contributed by atoms with van der Waals surface area (Å²) in [7, 11) is 0. The van der Waals surface area contributed by atoms with E-state index in [4.69, 9.17) is 5.73 Å². The predicted molar refractivity (Wildman–Crippen MR) is 98.8 cm³/mol. The Morgan fingerprint density at radius 1 is 1.22 bits per heavy atom. The molecule has 0 aromatic heterocycles. The first-order valence-electron chi connectivity index (χ1n) is 8.07. The first-order valence-corrected chi connectivity index (χ1v) is 8.07. The Labute approximate surface area is 161 Å². The minimum atomic E-state index is -1.21. The molecule has 0 saturated carbocycles. The molecular weight excluding hydrogens is 374 g/mol. The van der Waals surface area contributed by atoms with Crippen molar-refractivity contribution < 1.29 is 24.6 Å². The van der Waals surface area contributed by atoms with Gasteiger partial charge in [0.2, 0.25) is 0 Å². The molecule has 0 radical (unpaired) electrons. The highest BCUT2D eigenvalue weighted by atomic mass is 35.5. The summed E-state index contributed by atoms with van der Waals surface area (Å²) in [4.78, 5) is 36.2. The summed E-state index contributed by atoms with van der Waals surface area (Å²) in [6, 6.07) is 7.75. The minimum Gasteiger partial charge on any atom is -0.481 e. The molecule has 2 unspecified atom stereocenters. The van der Waals surface area contributed by atoms with Crippen molar-refractivity contribution in [2.45, 2.75) is 12.0 Å². The van der Waals surface area contributed by atoms with Gasteiger partial charge in [-0.15, -0.1) is 19.0 Å². The number of hydrazine groups is 1. The highest BCUT2D eigenvalue weighted by Crippen LogP contribution is 2.40. The van der Waals surface area contributed by atoms with Crippen LogP contribution >= 0.6 is 12.4 Å². The zero-order valence-corrected chi connectivity index (χ0v) is 15.1. The van der Waals surface area contributed by atoms with Crippen LogP contribution in [0.1, 0.15) is 11.5 Å². The Kier molecular flexibility index (Phi) is 6.04. The van der Waals surface area contributed by atoms with Crippen molar-refractivity contribution in [3.8, 4) is 0 Å². The Bertz CT molecular complexity index is 810. The molecule has 3 rings (SSSR count). The van der Waals surface area contributed by atoms with Crippen LogP contribution in [-0.4, -0.2) is 57.2 Å². The molecule has 0 spiro atoms. The number of halogens is 1. The van der Waals surface area contributed by atoms with Crippen LogP contribution in [0.5, 0.6) is 0 Å². The number of rotatable bonds is 6. The van der Waals surface area contributed by atoms with Crippen molar-refractivity contribution in [3.63, 3.8) is 0 Å². The third-order valence-electron chi connectivity index (χ3n) is 4.65. The van der Waals surface area contributed by atoms with E-state index in [1.165, 1.54) is 11.1 Å². The number of nitrogens with zero attached hydrogens (tertiary/aromatic N) is 2. The molecule has 8 nitrogen and oxygen atoms in total. The second kappa shape index (κ2) is 7.91. The number of carboxylic acids is 2. The van der Waals surface area contributed by atoms with Gasteiger partial charge in [0.15, 0.2) is 0 Å². The fraction of sp³-hybridized carbons (Fsp3) is 0.278. The molecule has 0 aliphatic carbocycles. The van der Waals surface area contributed by atoms with Crippen molar-refractivity contribution in [1.82, 2.24) is 10.0 Å². The van der Waals surface area contributed by atoms with Gasteiger partial charge in [0.1, 0.15) is 17.9 Å². The normalized spacial score (nSPS) is 21.4. The van der Waals surface area contributed by atoms with E-state index in [0.29, 0.717) is 11.1 Å². The average molecular weight is 394 g/mol. The fourth-order valence-corrected chi connectivity index (χ4v) is 3.54. The molecule has 2 aliphatic rings. The second-order valence-electron chi connectivity index (χ2n) is 6.25. The number of carboxylic acid groups (broad SMARTS) is 2. The van der Waals surface area contributed by atoms with Gasteiger partial charge in [-0.25, -0.2) is 10.0 Å². The highest BCUT2D eigenvalue weighted by molar-refractivity contribution is 5.90. The van der Waals surface area contributed by atoms with Crippen LogP contribution in [0.15, 0.2) is 54.3 Å². The van der Waals surface area contributed by atoms with Crippen molar-refractivity contribution in [2.24, 2.45) is 11.7 Å². The standard InChI is InChI=1S/C18H19N3O5.ClH/c1-2-11(17(23)24)15-12(8-20-9-13(19)16(22)21(15)20)14(18(25)26)10-6-4-3-5-7-10;/h2-7,11,13-14H,1,8-9,19H2,(H,23,24)(H,25,26);1H/t11?,13-,14?;/m0./s1. The first kappa shape index (κ1) is 20.6. The monoisotopic (exact) mass is 393 g/mol. The minimum absolute atomic E-state index is 0. The molecule has 1 amide bonds. The molecule has 144 valence electrons. The number of benzene rings is 1. The Balaban J connectivity index is 0.00000261. The summed E-state index contributed by atoms with van der Waals surface area (Å²) >= 11 is 0.